The van der Waals surface area contributed by atoms with Gasteiger partial charge in [0.25, 0.3) is 5.91 Å². The molecule has 3 aliphatic rings. The molecule has 212 valence electrons. The van der Waals surface area contributed by atoms with Crippen molar-refractivity contribution in [3.63, 3.8) is 0 Å². The highest BCUT2D eigenvalue weighted by atomic mass is 16.3. The van der Waals surface area contributed by atoms with Gasteiger partial charge in [-0.15, -0.1) is 0 Å². The fourth-order valence-electron chi connectivity index (χ4n) is 6.29. The van der Waals surface area contributed by atoms with Crippen molar-refractivity contribution >= 4 is 23.2 Å². The predicted octanol–water partition coefficient (Wildman–Crippen LogP) is 1.81. The maximum absolute atomic E-state index is 13.9. The van der Waals surface area contributed by atoms with Gasteiger partial charge >= 0.3 is 0 Å². The lowest BCUT2D eigenvalue weighted by atomic mass is 9.60. The first-order chi connectivity index (χ1) is 19.4. The Kier molecular flexibility index (Phi) is 6.85. The normalized spacial score (nSPS) is 23.5. The summed E-state index contributed by atoms with van der Waals surface area (Å²) in [7, 11) is 3.61. The average Bonchev–Trinajstić information content (AvgIpc) is 2.91. The van der Waals surface area contributed by atoms with Crippen LogP contribution in [0.15, 0.2) is 53.0 Å². The number of rotatable bonds is 6. The number of ketones is 2. The number of hydrogen-bond acceptors (Lipinski definition) is 10. The minimum atomic E-state index is -2.60. The standard InChI is InChI=1S/C30H30N4O7/c1-34(2)20-9-17(13-33-12-15-5-3-14(11-31)4-6-15)25(36)23-19(20)8-16-7-18-10-21(35)24(29(32)40)28(39)30(18,41)27(38)22(16)26(23)37/h3-6,9,16,18,33,35-36,38,41H,7-8,10,12-13H2,1-2H3,(H2,32,40)/t16-,18+,30+/m1/s1. The number of amides is 1. The van der Waals surface area contributed by atoms with Gasteiger partial charge in [0.2, 0.25) is 5.78 Å². The van der Waals surface area contributed by atoms with Gasteiger partial charge in [0.15, 0.2) is 11.4 Å². The number of benzene rings is 2. The second-order valence-electron chi connectivity index (χ2n) is 11.0. The second-order valence-corrected chi connectivity index (χ2v) is 11.0. The summed E-state index contributed by atoms with van der Waals surface area (Å²) in [5.74, 6) is -6.51. The van der Waals surface area contributed by atoms with Crippen LogP contribution in [-0.2, 0) is 29.1 Å². The van der Waals surface area contributed by atoms with Crippen LogP contribution in [0.1, 0.15) is 45.5 Å². The fraction of sp³-hybridized carbons (Fsp3) is 0.333. The number of carbonyl (C=O) groups excluding carboxylic acids is 3. The van der Waals surface area contributed by atoms with Gasteiger partial charge in [0, 0.05) is 56.3 Å². The van der Waals surface area contributed by atoms with Gasteiger partial charge in [-0.05, 0) is 48.1 Å². The van der Waals surface area contributed by atoms with Crippen molar-refractivity contribution in [2.24, 2.45) is 17.6 Å². The van der Waals surface area contributed by atoms with E-state index in [0.29, 0.717) is 28.9 Å². The summed E-state index contributed by atoms with van der Waals surface area (Å²) >= 11 is 0. The monoisotopic (exact) mass is 558 g/mol. The van der Waals surface area contributed by atoms with E-state index in [-0.39, 0.29) is 42.7 Å². The van der Waals surface area contributed by atoms with Crippen molar-refractivity contribution in [1.29, 1.82) is 5.26 Å². The molecule has 5 rings (SSSR count). The Hall–Kier alpha value is -4.66. The Balaban J connectivity index is 1.53. The molecule has 0 saturated heterocycles. The van der Waals surface area contributed by atoms with E-state index in [1.165, 1.54) is 0 Å². The highest BCUT2D eigenvalue weighted by Crippen LogP contribution is 2.52. The number of aliphatic hydroxyl groups is 3. The predicted molar refractivity (Wildman–Crippen MR) is 147 cm³/mol. The molecule has 0 bridgehead atoms. The smallest absolute Gasteiger partial charge is 0.255 e. The molecule has 0 spiro atoms. The van der Waals surface area contributed by atoms with E-state index < -0.39 is 52.0 Å². The summed E-state index contributed by atoms with van der Waals surface area (Å²) in [4.78, 5) is 40.8. The molecule has 0 aromatic heterocycles. The number of primary amides is 1. The number of phenols is 1. The molecule has 41 heavy (non-hydrogen) atoms. The number of anilines is 1. The van der Waals surface area contributed by atoms with Gasteiger partial charge in [0.05, 0.1) is 17.2 Å². The zero-order valence-electron chi connectivity index (χ0n) is 22.6. The molecule has 11 nitrogen and oxygen atoms in total. The number of nitrogens with one attached hydrogen (secondary N) is 1. The number of hydrogen-bond donors (Lipinski definition) is 6. The first-order valence-corrected chi connectivity index (χ1v) is 13.1. The molecule has 0 saturated carbocycles. The third kappa shape index (κ3) is 4.32. The first-order valence-electron chi connectivity index (χ1n) is 13.1. The summed E-state index contributed by atoms with van der Waals surface area (Å²) in [5.41, 5.74) is 4.78. The zero-order valence-corrected chi connectivity index (χ0v) is 22.6. The molecule has 3 atom stereocenters. The Morgan fingerprint density at radius 1 is 1.15 bits per heavy atom. The van der Waals surface area contributed by atoms with Crippen LogP contribution in [0.3, 0.4) is 0 Å². The molecule has 2 aromatic rings. The summed E-state index contributed by atoms with van der Waals surface area (Å²) in [6.45, 7) is 0.624. The molecule has 3 aliphatic carbocycles. The van der Waals surface area contributed by atoms with Crippen molar-refractivity contribution in [1.82, 2.24) is 5.32 Å². The van der Waals surface area contributed by atoms with Crippen LogP contribution >= 0.6 is 0 Å². The van der Waals surface area contributed by atoms with Crippen molar-refractivity contribution in [2.75, 3.05) is 19.0 Å². The number of phenolic OH excluding ortho intramolecular Hbond substituents is 1. The number of aromatic hydroxyl groups is 1. The van der Waals surface area contributed by atoms with Crippen molar-refractivity contribution in [2.45, 2.75) is 38.0 Å². The van der Waals surface area contributed by atoms with E-state index in [1.807, 2.05) is 31.1 Å². The van der Waals surface area contributed by atoms with E-state index in [1.54, 1.807) is 18.2 Å². The average molecular weight is 559 g/mol. The van der Waals surface area contributed by atoms with E-state index >= 15 is 0 Å². The maximum Gasteiger partial charge on any atom is 0.255 e. The summed E-state index contributed by atoms with van der Waals surface area (Å²) in [5, 5.41) is 56.5. The van der Waals surface area contributed by atoms with Crippen LogP contribution < -0.4 is 16.0 Å². The number of nitrogens with two attached hydrogens (primary N) is 1. The summed E-state index contributed by atoms with van der Waals surface area (Å²) in [6, 6.07) is 10.9. The SMILES string of the molecule is CN(C)c1cc(CNCc2ccc(C#N)cc2)c(O)c2c1C[C@H]1C[C@H]3CC(O)=C(C(N)=O)C(=O)[C@@]3(O)C(O)=C1C2=O. The Morgan fingerprint density at radius 3 is 2.44 bits per heavy atom. The van der Waals surface area contributed by atoms with Crippen molar-refractivity contribution in [3.8, 4) is 11.8 Å². The second kappa shape index (κ2) is 10.1. The van der Waals surface area contributed by atoms with Gasteiger partial charge in [0.1, 0.15) is 22.8 Å². The lowest BCUT2D eigenvalue weighted by molar-refractivity contribution is -0.144. The van der Waals surface area contributed by atoms with Gasteiger partial charge in [-0.2, -0.15) is 5.26 Å². The van der Waals surface area contributed by atoms with E-state index in [9.17, 15) is 34.8 Å². The van der Waals surface area contributed by atoms with Crippen LogP contribution in [0.5, 0.6) is 5.75 Å². The number of aliphatic hydroxyl groups excluding tert-OH is 2. The molecule has 1 amide bonds. The number of carbonyl (C=O) groups is 3. The summed E-state index contributed by atoms with van der Waals surface area (Å²) < 4.78 is 0. The molecular weight excluding hydrogens is 528 g/mol. The van der Waals surface area contributed by atoms with Crippen molar-refractivity contribution in [3.05, 3.63) is 80.8 Å². The summed E-state index contributed by atoms with van der Waals surface area (Å²) in [6.07, 6.45) is 0.0316. The van der Waals surface area contributed by atoms with E-state index in [2.05, 4.69) is 11.4 Å². The third-order valence-corrected chi connectivity index (χ3v) is 8.33. The van der Waals surface area contributed by atoms with E-state index in [0.717, 1.165) is 5.56 Å². The molecule has 0 aliphatic heterocycles. The zero-order chi connectivity index (χ0) is 29.8. The molecule has 7 N–H and O–H groups in total. The molecule has 0 heterocycles. The molecule has 0 radical (unpaired) electrons. The van der Waals surface area contributed by atoms with Crippen LogP contribution in [-0.4, -0.2) is 57.6 Å². The van der Waals surface area contributed by atoms with Gasteiger partial charge in [-0.25, -0.2) is 0 Å². The Morgan fingerprint density at radius 2 is 1.83 bits per heavy atom. The Labute approximate surface area is 235 Å². The molecule has 2 aromatic carbocycles. The molecule has 0 fully saturated rings. The van der Waals surface area contributed by atoms with Gasteiger partial charge in [-0.1, -0.05) is 12.1 Å². The minimum absolute atomic E-state index is 0.0250. The molecular formula is C30H30N4O7. The lowest BCUT2D eigenvalue weighted by Gasteiger charge is -2.46. The third-order valence-electron chi connectivity index (χ3n) is 8.33. The largest absolute Gasteiger partial charge is 0.511 e. The number of nitriles is 1. The minimum Gasteiger partial charge on any atom is -0.511 e. The van der Waals surface area contributed by atoms with Crippen LogP contribution in [0.25, 0.3) is 0 Å². The van der Waals surface area contributed by atoms with Crippen LogP contribution in [0, 0.1) is 23.2 Å². The van der Waals surface area contributed by atoms with Crippen LogP contribution in [0.2, 0.25) is 0 Å². The highest BCUT2D eigenvalue weighted by Gasteiger charge is 2.59. The van der Waals surface area contributed by atoms with Gasteiger partial charge < -0.3 is 36.4 Å². The number of Topliss-reactive ketones (excluding diaryl/α,β-unsaturated/α-hetero) is 2. The highest BCUT2D eigenvalue weighted by molar-refractivity contribution is 6.24. The number of fused-ring (bicyclic) bond motifs is 3. The van der Waals surface area contributed by atoms with Crippen LogP contribution in [0.4, 0.5) is 5.69 Å². The lowest BCUT2D eigenvalue weighted by Crippen LogP contribution is -2.57. The first kappa shape index (κ1) is 27.9. The number of nitrogens with zero attached hydrogens (tertiary/aromatic N) is 2. The molecule has 11 heteroatoms. The quantitative estimate of drug-likeness (QED) is 0.284. The van der Waals surface area contributed by atoms with Gasteiger partial charge in [-0.3, -0.25) is 14.4 Å². The fourth-order valence-corrected chi connectivity index (χ4v) is 6.29. The van der Waals surface area contributed by atoms with E-state index in [4.69, 9.17) is 11.0 Å². The molecule has 0 unspecified atom stereocenters. The topological polar surface area (TPSA) is 197 Å². The van der Waals surface area contributed by atoms with Crippen molar-refractivity contribution < 1.29 is 34.8 Å². The Bertz CT molecular complexity index is 1600. The maximum atomic E-state index is 13.9. The number of allylic oxidation sites excluding steroid dienone is 2.